The first-order valence-corrected chi connectivity index (χ1v) is 3.45. The standard InChI is InChI=1S/C9H8N2O/c1-6-2-3-7(5-10)4-8(6)9(11)12/h2-4H,1H3,(H2,11,12). The predicted octanol–water partition coefficient (Wildman–Crippen LogP) is 0.966. The molecule has 0 fully saturated rings. The third-order valence-corrected chi connectivity index (χ3v) is 1.63. The van der Waals surface area contributed by atoms with Crippen LogP contribution < -0.4 is 5.73 Å². The Morgan fingerprint density at radius 3 is 2.75 bits per heavy atom. The van der Waals surface area contributed by atoms with Crippen LogP contribution in [0.4, 0.5) is 0 Å². The molecule has 2 N–H and O–H groups in total. The molecule has 0 bridgehead atoms. The monoisotopic (exact) mass is 160 g/mol. The van der Waals surface area contributed by atoms with Gasteiger partial charge in [-0.15, -0.1) is 0 Å². The van der Waals surface area contributed by atoms with Crippen molar-refractivity contribution in [3.63, 3.8) is 0 Å². The Kier molecular flexibility index (Phi) is 2.11. The smallest absolute Gasteiger partial charge is 0.249 e. The Morgan fingerprint density at radius 1 is 1.58 bits per heavy atom. The van der Waals surface area contributed by atoms with Gasteiger partial charge < -0.3 is 5.73 Å². The van der Waals surface area contributed by atoms with Crippen molar-refractivity contribution >= 4 is 5.91 Å². The number of nitriles is 1. The topological polar surface area (TPSA) is 66.9 Å². The number of amides is 1. The van der Waals surface area contributed by atoms with Crippen LogP contribution in [0.5, 0.6) is 0 Å². The summed E-state index contributed by atoms with van der Waals surface area (Å²) in [7, 11) is 0. The van der Waals surface area contributed by atoms with Crippen molar-refractivity contribution in [3.05, 3.63) is 34.9 Å². The lowest BCUT2D eigenvalue weighted by molar-refractivity contribution is 0.0999. The van der Waals surface area contributed by atoms with E-state index >= 15 is 0 Å². The second kappa shape index (κ2) is 3.05. The molecule has 12 heavy (non-hydrogen) atoms. The van der Waals surface area contributed by atoms with Crippen molar-refractivity contribution in [2.24, 2.45) is 5.73 Å². The second-order valence-electron chi connectivity index (χ2n) is 2.51. The van der Waals surface area contributed by atoms with Crippen molar-refractivity contribution in [1.29, 1.82) is 5.26 Å². The lowest BCUT2D eigenvalue weighted by Gasteiger charge is -1.99. The number of rotatable bonds is 1. The quantitative estimate of drug-likeness (QED) is 0.665. The number of carbonyl (C=O) groups is 1. The fourth-order valence-electron chi connectivity index (χ4n) is 0.957. The number of benzene rings is 1. The molecule has 0 heterocycles. The van der Waals surface area contributed by atoms with Crippen molar-refractivity contribution < 1.29 is 4.79 Å². The predicted molar refractivity (Wildman–Crippen MR) is 44.4 cm³/mol. The van der Waals surface area contributed by atoms with Crippen LogP contribution in [-0.4, -0.2) is 5.91 Å². The molecule has 0 radical (unpaired) electrons. The Balaban J connectivity index is 3.28. The van der Waals surface area contributed by atoms with Crippen molar-refractivity contribution in [2.75, 3.05) is 0 Å². The first-order chi connectivity index (χ1) is 5.65. The van der Waals surface area contributed by atoms with Crippen molar-refractivity contribution in [2.45, 2.75) is 6.92 Å². The van der Waals surface area contributed by atoms with Gasteiger partial charge in [0.1, 0.15) is 0 Å². The number of nitrogens with zero attached hydrogens (tertiary/aromatic N) is 1. The number of carbonyl (C=O) groups excluding carboxylic acids is 1. The summed E-state index contributed by atoms with van der Waals surface area (Å²) in [5.41, 5.74) is 6.75. The lowest BCUT2D eigenvalue weighted by atomic mass is 10.1. The summed E-state index contributed by atoms with van der Waals surface area (Å²) < 4.78 is 0. The van der Waals surface area contributed by atoms with Gasteiger partial charge in [-0.2, -0.15) is 5.26 Å². The zero-order valence-electron chi connectivity index (χ0n) is 6.66. The van der Waals surface area contributed by atoms with Gasteiger partial charge in [0.05, 0.1) is 11.6 Å². The van der Waals surface area contributed by atoms with Crippen LogP contribution in [0.1, 0.15) is 21.5 Å². The molecule has 0 spiro atoms. The van der Waals surface area contributed by atoms with E-state index in [1.54, 1.807) is 19.1 Å². The van der Waals surface area contributed by atoms with Gasteiger partial charge in [-0.25, -0.2) is 0 Å². The average molecular weight is 160 g/mol. The molecule has 1 aromatic rings. The first kappa shape index (κ1) is 8.28. The van der Waals surface area contributed by atoms with E-state index in [1.165, 1.54) is 6.07 Å². The van der Waals surface area contributed by atoms with Crippen LogP contribution in [0.3, 0.4) is 0 Å². The van der Waals surface area contributed by atoms with Crippen LogP contribution in [0, 0.1) is 18.3 Å². The summed E-state index contributed by atoms with van der Waals surface area (Å²) in [6, 6.07) is 6.80. The van der Waals surface area contributed by atoms with Gasteiger partial charge in [-0.1, -0.05) is 6.07 Å². The first-order valence-electron chi connectivity index (χ1n) is 3.45. The third kappa shape index (κ3) is 1.43. The molecule has 0 saturated carbocycles. The zero-order chi connectivity index (χ0) is 9.14. The molecule has 0 aliphatic carbocycles. The summed E-state index contributed by atoms with van der Waals surface area (Å²) in [6.45, 7) is 1.78. The summed E-state index contributed by atoms with van der Waals surface area (Å²) in [6.07, 6.45) is 0. The fraction of sp³-hybridized carbons (Fsp3) is 0.111. The Bertz CT molecular complexity index is 363. The molecule has 0 aromatic heterocycles. The molecule has 0 unspecified atom stereocenters. The molecule has 0 aliphatic heterocycles. The number of nitrogens with two attached hydrogens (primary N) is 1. The van der Waals surface area contributed by atoms with Gasteiger partial charge in [0.2, 0.25) is 5.91 Å². The molecule has 0 aliphatic rings. The lowest BCUT2D eigenvalue weighted by Crippen LogP contribution is -2.12. The zero-order valence-corrected chi connectivity index (χ0v) is 6.66. The second-order valence-corrected chi connectivity index (χ2v) is 2.51. The maximum absolute atomic E-state index is 10.8. The minimum Gasteiger partial charge on any atom is -0.366 e. The van der Waals surface area contributed by atoms with Gasteiger partial charge in [0.25, 0.3) is 0 Å². The Labute approximate surface area is 70.4 Å². The molecule has 3 heteroatoms. The van der Waals surface area contributed by atoms with Gasteiger partial charge in [0, 0.05) is 5.56 Å². The van der Waals surface area contributed by atoms with E-state index in [0.29, 0.717) is 11.1 Å². The normalized spacial score (nSPS) is 9.00. The van der Waals surface area contributed by atoms with Crippen molar-refractivity contribution in [3.8, 4) is 6.07 Å². The molecule has 0 atom stereocenters. The average Bonchev–Trinajstić information content (AvgIpc) is 2.05. The minimum atomic E-state index is -0.496. The van der Waals surface area contributed by atoms with Crippen LogP contribution in [0.25, 0.3) is 0 Å². The van der Waals surface area contributed by atoms with E-state index in [1.807, 2.05) is 6.07 Å². The third-order valence-electron chi connectivity index (χ3n) is 1.63. The van der Waals surface area contributed by atoms with E-state index < -0.39 is 5.91 Å². The summed E-state index contributed by atoms with van der Waals surface area (Å²) in [5.74, 6) is -0.496. The van der Waals surface area contributed by atoms with Gasteiger partial charge in [0.15, 0.2) is 0 Å². The van der Waals surface area contributed by atoms with E-state index in [9.17, 15) is 4.79 Å². The molecular formula is C9H8N2O. The van der Waals surface area contributed by atoms with E-state index in [2.05, 4.69) is 0 Å². The molecule has 1 rings (SSSR count). The van der Waals surface area contributed by atoms with Gasteiger partial charge in [-0.3, -0.25) is 4.79 Å². The highest BCUT2D eigenvalue weighted by Gasteiger charge is 2.04. The van der Waals surface area contributed by atoms with E-state index in [-0.39, 0.29) is 0 Å². The van der Waals surface area contributed by atoms with Gasteiger partial charge in [-0.05, 0) is 24.6 Å². The van der Waals surface area contributed by atoms with Crippen LogP contribution in [0.2, 0.25) is 0 Å². The maximum atomic E-state index is 10.8. The molecule has 3 nitrogen and oxygen atoms in total. The van der Waals surface area contributed by atoms with E-state index in [0.717, 1.165) is 5.56 Å². The number of hydrogen-bond donors (Lipinski definition) is 1. The van der Waals surface area contributed by atoms with Crippen LogP contribution >= 0.6 is 0 Å². The summed E-state index contributed by atoms with van der Waals surface area (Å²) in [5, 5.41) is 8.53. The fourth-order valence-corrected chi connectivity index (χ4v) is 0.957. The van der Waals surface area contributed by atoms with Gasteiger partial charge >= 0.3 is 0 Å². The molecule has 1 amide bonds. The number of primary amides is 1. The van der Waals surface area contributed by atoms with E-state index in [4.69, 9.17) is 11.0 Å². The largest absolute Gasteiger partial charge is 0.366 e. The summed E-state index contributed by atoms with van der Waals surface area (Å²) >= 11 is 0. The SMILES string of the molecule is Cc1ccc(C#N)cc1C(N)=O. The molecular weight excluding hydrogens is 152 g/mol. The Hall–Kier alpha value is -1.82. The Morgan fingerprint density at radius 2 is 2.25 bits per heavy atom. The molecule has 1 aromatic carbocycles. The highest BCUT2D eigenvalue weighted by molar-refractivity contribution is 5.94. The van der Waals surface area contributed by atoms with Crippen LogP contribution in [-0.2, 0) is 0 Å². The van der Waals surface area contributed by atoms with Crippen LogP contribution in [0.15, 0.2) is 18.2 Å². The highest BCUT2D eigenvalue weighted by atomic mass is 16.1. The molecule has 60 valence electrons. The van der Waals surface area contributed by atoms with Crippen molar-refractivity contribution in [1.82, 2.24) is 0 Å². The number of hydrogen-bond acceptors (Lipinski definition) is 2. The molecule has 0 saturated heterocycles. The maximum Gasteiger partial charge on any atom is 0.249 e. The summed E-state index contributed by atoms with van der Waals surface area (Å²) in [4.78, 5) is 10.8. The minimum absolute atomic E-state index is 0.411. The number of aryl methyl sites for hydroxylation is 1. The highest BCUT2D eigenvalue weighted by Crippen LogP contribution is 2.09.